The van der Waals surface area contributed by atoms with Crippen molar-refractivity contribution in [3.63, 3.8) is 0 Å². The molecule has 5 heterocycles. The van der Waals surface area contributed by atoms with E-state index in [4.69, 9.17) is 24.2 Å². The molecule has 8 rings (SSSR count). The number of amides is 4. The number of ether oxygens (including phenoxy) is 3. The Morgan fingerprint density at radius 3 is 2.13 bits per heavy atom. The predicted octanol–water partition coefficient (Wildman–Crippen LogP) is 7.90. The van der Waals surface area contributed by atoms with Gasteiger partial charge >= 0.3 is 12.2 Å². The van der Waals surface area contributed by atoms with Crippen LogP contribution in [0.3, 0.4) is 0 Å². The van der Waals surface area contributed by atoms with Crippen LogP contribution in [0.25, 0.3) is 33.2 Å². The van der Waals surface area contributed by atoms with Crippen molar-refractivity contribution in [3.05, 3.63) is 65.6 Å². The number of aromatic amines is 1. The van der Waals surface area contributed by atoms with Crippen molar-refractivity contribution >= 4 is 46.2 Å². The van der Waals surface area contributed by atoms with Crippen molar-refractivity contribution in [1.29, 1.82) is 0 Å². The number of aliphatic imine (C=N–C) groups is 1. The maximum absolute atomic E-state index is 13.9. The molecule has 4 aliphatic rings. The fourth-order valence-electron chi connectivity index (χ4n) is 9.70. The van der Waals surface area contributed by atoms with Crippen LogP contribution in [0.15, 0.2) is 53.7 Å². The summed E-state index contributed by atoms with van der Waals surface area (Å²) in [4.78, 5) is 69.1. The quantitative estimate of drug-likeness (QED) is 0.137. The second-order valence-corrected chi connectivity index (χ2v) is 16.6. The fraction of sp³-hybridized carbons (Fsp3) is 0.478. The maximum atomic E-state index is 13.9. The van der Waals surface area contributed by atoms with Crippen molar-refractivity contribution in [2.75, 3.05) is 14.2 Å². The van der Waals surface area contributed by atoms with E-state index in [1.54, 1.807) is 0 Å². The van der Waals surface area contributed by atoms with E-state index in [1.165, 1.54) is 14.2 Å². The average molecular weight is 818 g/mol. The van der Waals surface area contributed by atoms with E-state index in [0.29, 0.717) is 25.9 Å². The largest absolute Gasteiger partial charge is 0.488 e. The second-order valence-electron chi connectivity index (χ2n) is 16.6. The molecule has 1 unspecified atom stereocenters. The summed E-state index contributed by atoms with van der Waals surface area (Å²) in [5, 5.41) is 7.67. The molecule has 0 radical (unpaired) electrons. The van der Waals surface area contributed by atoms with E-state index in [9.17, 15) is 19.2 Å². The molecule has 3 aromatic carbocycles. The Hall–Kier alpha value is -5.92. The lowest BCUT2D eigenvalue weighted by Crippen LogP contribution is -2.53. The Morgan fingerprint density at radius 2 is 1.48 bits per heavy atom. The third-order valence-corrected chi connectivity index (χ3v) is 12.8. The van der Waals surface area contributed by atoms with E-state index in [-0.39, 0.29) is 36.0 Å². The number of nitrogens with one attached hydrogen (secondary N) is 3. The van der Waals surface area contributed by atoms with Gasteiger partial charge in [-0.15, -0.1) is 0 Å². The standard InChI is InChI=1S/C46H55N7O7/c1-7-9-35(50-45(56)58-5)43(54)52-25(3)11-17-39(52)37-21-32-31-22-41-33(20-27(31)14-16-34(32)48-37)30-15-13-28(19-29(30)24-60-41)38-23-47-42(49-38)40-18-12-26(4)53(40)44(55)36(10-8-2)51-46(57)59-6/h13-16,19-20,22-23,25-26,35-36,39-40H,7-12,17-18,21,24H2,1-6H3,(H,47,49)(H,50,56)(H,51,57)/t25-,26-,35?,36-,39-,40-/m0/s1. The van der Waals surface area contributed by atoms with Gasteiger partial charge in [-0.2, -0.15) is 0 Å². The lowest BCUT2D eigenvalue weighted by molar-refractivity contribution is -0.136. The highest BCUT2D eigenvalue weighted by atomic mass is 16.5. The number of rotatable bonds is 11. The van der Waals surface area contributed by atoms with Crippen LogP contribution in [0.4, 0.5) is 15.3 Å². The Balaban J connectivity index is 1.01. The summed E-state index contributed by atoms with van der Waals surface area (Å²) in [6, 6.07) is 13.2. The molecular formula is C46H55N7O7. The lowest BCUT2D eigenvalue weighted by atomic mass is 9.91. The number of aromatic nitrogens is 2. The molecule has 0 spiro atoms. The first-order valence-corrected chi connectivity index (χ1v) is 21.3. The van der Waals surface area contributed by atoms with Crippen molar-refractivity contribution < 1.29 is 33.4 Å². The van der Waals surface area contributed by atoms with Crippen LogP contribution >= 0.6 is 0 Å². The molecule has 0 saturated carbocycles. The summed E-state index contributed by atoms with van der Waals surface area (Å²) >= 11 is 0. The highest BCUT2D eigenvalue weighted by Crippen LogP contribution is 2.45. The van der Waals surface area contributed by atoms with Gasteiger partial charge in [-0.05, 0) is 110 Å². The predicted molar refractivity (Wildman–Crippen MR) is 228 cm³/mol. The van der Waals surface area contributed by atoms with Crippen molar-refractivity contribution in [1.82, 2.24) is 30.4 Å². The Bertz CT molecular complexity index is 2360. The summed E-state index contributed by atoms with van der Waals surface area (Å²) in [7, 11) is 2.61. The molecule has 0 aliphatic carbocycles. The summed E-state index contributed by atoms with van der Waals surface area (Å²) in [6.45, 7) is 8.50. The number of alkyl carbamates (subject to hydrolysis) is 2. The number of hydrogen-bond acceptors (Lipinski definition) is 9. The van der Waals surface area contributed by atoms with Crippen LogP contribution in [-0.4, -0.2) is 93.9 Å². The van der Waals surface area contributed by atoms with E-state index in [2.05, 4.69) is 65.0 Å². The molecule has 4 aromatic rings. The van der Waals surface area contributed by atoms with E-state index in [1.807, 2.05) is 36.8 Å². The molecule has 316 valence electrons. The third-order valence-electron chi connectivity index (χ3n) is 12.8. The third kappa shape index (κ3) is 7.56. The van der Waals surface area contributed by atoms with E-state index >= 15 is 0 Å². The zero-order valence-electron chi connectivity index (χ0n) is 35.3. The molecule has 4 amide bonds. The fourth-order valence-corrected chi connectivity index (χ4v) is 9.70. The normalized spacial score (nSPS) is 21.3. The number of nitrogens with zero attached hydrogens (tertiary/aromatic N) is 4. The SMILES string of the molecule is CCCC(NC(=O)OC)C(=O)N1[C@@H](C)CC[C@H]1C1=Nc2ccc3cc4c(cc3c2C1)OCc1cc(-c2cnc([C@@H]3CC[C@H](C)N3C(=O)[C@H](CCC)NC(=O)OC)[nH]2)ccc1-4. The highest BCUT2D eigenvalue weighted by molar-refractivity contribution is 6.06. The van der Waals surface area contributed by atoms with Crippen LogP contribution in [-0.2, 0) is 32.1 Å². The van der Waals surface area contributed by atoms with Crippen molar-refractivity contribution in [3.8, 4) is 28.1 Å². The van der Waals surface area contributed by atoms with Gasteiger partial charge in [0, 0.05) is 29.8 Å². The average Bonchev–Trinajstić information content (AvgIpc) is 4.07. The van der Waals surface area contributed by atoms with Gasteiger partial charge in [0.15, 0.2) is 0 Å². The van der Waals surface area contributed by atoms with Crippen molar-refractivity contribution in [2.45, 2.75) is 128 Å². The monoisotopic (exact) mass is 817 g/mol. The number of carbonyl (C=O) groups is 4. The number of fused-ring (bicyclic) bond motifs is 6. The molecule has 2 fully saturated rings. The maximum Gasteiger partial charge on any atom is 0.407 e. The van der Waals surface area contributed by atoms with Gasteiger partial charge in [-0.3, -0.25) is 14.6 Å². The topological polar surface area (TPSA) is 168 Å². The molecule has 3 N–H and O–H groups in total. The zero-order chi connectivity index (χ0) is 42.2. The minimum absolute atomic E-state index is 0.00119. The zero-order valence-corrected chi connectivity index (χ0v) is 35.3. The van der Waals surface area contributed by atoms with Gasteiger partial charge in [-0.1, -0.05) is 44.9 Å². The van der Waals surface area contributed by atoms with Gasteiger partial charge in [0.25, 0.3) is 0 Å². The Kier molecular flexibility index (Phi) is 11.6. The van der Waals surface area contributed by atoms with Crippen molar-refractivity contribution in [2.24, 2.45) is 4.99 Å². The molecule has 60 heavy (non-hydrogen) atoms. The number of likely N-dealkylation sites (tertiary alicyclic amines) is 2. The first-order valence-electron chi connectivity index (χ1n) is 21.3. The molecule has 1 aromatic heterocycles. The van der Waals surface area contributed by atoms with E-state index in [0.717, 1.165) is 106 Å². The van der Waals surface area contributed by atoms with Gasteiger partial charge in [0.2, 0.25) is 11.8 Å². The summed E-state index contributed by atoms with van der Waals surface area (Å²) < 4.78 is 16.1. The Labute approximate surface area is 350 Å². The second kappa shape index (κ2) is 17.0. The first-order chi connectivity index (χ1) is 29.0. The molecular weight excluding hydrogens is 763 g/mol. The van der Waals surface area contributed by atoms with Gasteiger partial charge in [-0.25, -0.2) is 14.6 Å². The molecule has 4 aliphatic heterocycles. The van der Waals surface area contributed by atoms with E-state index < -0.39 is 24.3 Å². The number of H-pyrrole nitrogens is 1. The van der Waals surface area contributed by atoms with Gasteiger partial charge in [0.05, 0.1) is 43.9 Å². The summed E-state index contributed by atoms with van der Waals surface area (Å²) in [5.74, 6) is 1.32. The summed E-state index contributed by atoms with van der Waals surface area (Å²) in [5.41, 5.74) is 8.04. The van der Waals surface area contributed by atoms with Crippen LogP contribution in [0.1, 0.15) is 102 Å². The summed E-state index contributed by atoms with van der Waals surface area (Å²) in [6.07, 6.45) is 7.06. The number of hydrogen-bond donors (Lipinski definition) is 3. The molecule has 6 atom stereocenters. The number of methoxy groups -OCH3 is 2. The Morgan fingerprint density at radius 1 is 0.833 bits per heavy atom. The number of carbonyl (C=O) groups excluding carboxylic acids is 4. The van der Waals surface area contributed by atoms with Crippen LogP contribution < -0.4 is 15.4 Å². The van der Waals surface area contributed by atoms with Crippen LogP contribution in [0, 0.1) is 0 Å². The minimum Gasteiger partial charge on any atom is -0.488 e. The molecule has 0 bridgehead atoms. The molecule has 14 nitrogen and oxygen atoms in total. The van der Waals surface area contributed by atoms with Gasteiger partial charge < -0.3 is 39.6 Å². The van der Waals surface area contributed by atoms with Crippen LogP contribution in [0.2, 0.25) is 0 Å². The number of imidazole rings is 1. The first kappa shape index (κ1) is 40.8. The lowest BCUT2D eigenvalue weighted by Gasteiger charge is -2.32. The van der Waals surface area contributed by atoms with Crippen LogP contribution in [0.5, 0.6) is 5.75 Å². The minimum atomic E-state index is -0.668. The molecule has 14 heteroatoms. The smallest absolute Gasteiger partial charge is 0.407 e. The molecule has 2 saturated heterocycles. The highest BCUT2D eigenvalue weighted by Gasteiger charge is 2.42. The number of benzene rings is 3. The van der Waals surface area contributed by atoms with Gasteiger partial charge in [0.1, 0.15) is 30.3 Å².